The Bertz CT molecular complexity index is 1160. The number of halogens is 2. The molecule has 0 bridgehead atoms. The Labute approximate surface area is 167 Å². The summed E-state index contributed by atoms with van der Waals surface area (Å²) >= 11 is 9.62. The molecule has 0 unspecified atom stereocenters. The SMILES string of the molecule is CN(Cc1ccccc1Br)C(=O)Cn1c(Cl)nc2c1c(=O)n(C)c(=O)n2C. The average molecular weight is 455 g/mol. The molecule has 0 saturated heterocycles. The Morgan fingerprint density at radius 2 is 1.89 bits per heavy atom. The highest BCUT2D eigenvalue weighted by Crippen LogP contribution is 2.19. The summed E-state index contributed by atoms with van der Waals surface area (Å²) in [4.78, 5) is 42.9. The zero-order valence-corrected chi connectivity index (χ0v) is 17.3. The van der Waals surface area contributed by atoms with Crippen LogP contribution in [-0.4, -0.2) is 36.5 Å². The number of hydrogen-bond acceptors (Lipinski definition) is 4. The quantitative estimate of drug-likeness (QED) is 0.560. The summed E-state index contributed by atoms with van der Waals surface area (Å²) in [6, 6.07) is 7.60. The molecule has 0 fully saturated rings. The third-order valence-corrected chi connectivity index (χ3v) is 5.45. The van der Waals surface area contributed by atoms with Gasteiger partial charge in [0.05, 0.1) is 0 Å². The molecule has 3 aromatic rings. The minimum atomic E-state index is -0.547. The molecular weight excluding hydrogens is 438 g/mol. The van der Waals surface area contributed by atoms with Crippen LogP contribution in [0.15, 0.2) is 38.3 Å². The minimum Gasteiger partial charge on any atom is -0.340 e. The van der Waals surface area contributed by atoms with E-state index in [0.29, 0.717) is 6.54 Å². The standard InChI is InChI=1S/C17H17BrClN5O3/c1-21(8-10-6-4-5-7-11(10)18)12(25)9-24-13-14(20-16(24)19)22(2)17(27)23(3)15(13)26/h4-7H,8-9H2,1-3H3. The Hall–Kier alpha value is -2.39. The van der Waals surface area contributed by atoms with Crippen LogP contribution in [0.25, 0.3) is 11.2 Å². The normalized spacial score (nSPS) is 11.1. The fourth-order valence-corrected chi connectivity index (χ4v) is 3.43. The Morgan fingerprint density at radius 3 is 2.56 bits per heavy atom. The number of nitrogens with zero attached hydrogens (tertiary/aromatic N) is 5. The molecule has 0 N–H and O–H groups in total. The molecule has 10 heteroatoms. The van der Waals surface area contributed by atoms with E-state index >= 15 is 0 Å². The number of aromatic nitrogens is 4. The van der Waals surface area contributed by atoms with Gasteiger partial charge >= 0.3 is 5.69 Å². The Morgan fingerprint density at radius 1 is 1.22 bits per heavy atom. The van der Waals surface area contributed by atoms with Gasteiger partial charge in [-0.25, -0.2) is 4.79 Å². The number of aryl methyl sites for hydroxylation is 1. The van der Waals surface area contributed by atoms with E-state index < -0.39 is 11.2 Å². The van der Waals surface area contributed by atoms with Crippen LogP contribution in [0.1, 0.15) is 5.56 Å². The van der Waals surface area contributed by atoms with Gasteiger partial charge in [-0.2, -0.15) is 4.98 Å². The van der Waals surface area contributed by atoms with E-state index in [4.69, 9.17) is 11.6 Å². The third-order valence-electron chi connectivity index (χ3n) is 4.39. The van der Waals surface area contributed by atoms with Gasteiger partial charge in [0.15, 0.2) is 11.2 Å². The summed E-state index contributed by atoms with van der Waals surface area (Å²) in [6.45, 7) is 0.227. The molecule has 142 valence electrons. The number of benzene rings is 1. The molecule has 0 aliphatic carbocycles. The maximum absolute atomic E-state index is 12.7. The van der Waals surface area contributed by atoms with Crippen LogP contribution in [0.2, 0.25) is 5.28 Å². The molecule has 27 heavy (non-hydrogen) atoms. The number of likely N-dealkylation sites (N-methyl/N-ethyl adjacent to an activating group) is 1. The molecule has 1 amide bonds. The molecule has 0 atom stereocenters. The van der Waals surface area contributed by atoms with E-state index in [1.807, 2.05) is 24.3 Å². The predicted octanol–water partition coefficient (Wildman–Crippen LogP) is 1.51. The maximum atomic E-state index is 12.7. The lowest BCUT2D eigenvalue weighted by Gasteiger charge is -2.19. The van der Waals surface area contributed by atoms with Crippen molar-refractivity contribution in [1.82, 2.24) is 23.6 Å². The summed E-state index contributed by atoms with van der Waals surface area (Å²) in [5, 5.41) is -0.0223. The first kappa shape index (κ1) is 19.4. The predicted molar refractivity (Wildman–Crippen MR) is 106 cm³/mol. The first-order valence-electron chi connectivity index (χ1n) is 8.01. The van der Waals surface area contributed by atoms with E-state index in [1.165, 1.54) is 28.1 Å². The van der Waals surface area contributed by atoms with Crippen LogP contribution >= 0.6 is 27.5 Å². The highest BCUT2D eigenvalue weighted by Gasteiger charge is 2.21. The molecular formula is C17H17BrClN5O3. The van der Waals surface area contributed by atoms with Gasteiger partial charge in [0, 0.05) is 32.2 Å². The number of fused-ring (bicyclic) bond motifs is 1. The lowest BCUT2D eigenvalue weighted by molar-refractivity contribution is -0.131. The van der Waals surface area contributed by atoms with Crippen molar-refractivity contribution in [1.29, 1.82) is 0 Å². The van der Waals surface area contributed by atoms with Crippen molar-refractivity contribution in [3.63, 3.8) is 0 Å². The number of hydrogen-bond donors (Lipinski definition) is 0. The van der Waals surface area contributed by atoms with Gasteiger partial charge in [-0.05, 0) is 23.2 Å². The van der Waals surface area contributed by atoms with Crippen molar-refractivity contribution in [2.75, 3.05) is 7.05 Å². The van der Waals surface area contributed by atoms with Gasteiger partial charge in [0.2, 0.25) is 11.2 Å². The number of carbonyl (C=O) groups excluding carboxylic acids is 1. The molecule has 8 nitrogen and oxygen atoms in total. The van der Waals surface area contributed by atoms with Gasteiger partial charge in [0.25, 0.3) is 5.56 Å². The fourth-order valence-electron chi connectivity index (χ4n) is 2.79. The summed E-state index contributed by atoms with van der Waals surface area (Å²) in [5.74, 6) is -0.247. The Kier molecular flexibility index (Phi) is 5.25. The molecule has 0 aliphatic rings. The van der Waals surface area contributed by atoms with E-state index in [-0.39, 0.29) is 28.9 Å². The van der Waals surface area contributed by atoms with E-state index in [2.05, 4.69) is 20.9 Å². The number of carbonyl (C=O) groups is 1. The smallest absolute Gasteiger partial charge is 0.332 e. The molecule has 2 heterocycles. The lowest BCUT2D eigenvalue weighted by Crippen LogP contribution is -2.38. The molecule has 1 aromatic carbocycles. The summed E-state index contributed by atoms with van der Waals surface area (Å²) < 4.78 is 4.43. The molecule has 0 spiro atoms. The largest absolute Gasteiger partial charge is 0.340 e. The molecule has 0 aliphatic heterocycles. The van der Waals surface area contributed by atoms with Gasteiger partial charge < -0.3 is 4.90 Å². The number of imidazole rings is 1. The van der Waals surface area contributed by atoms with Crippen LogP contribution in [0, 0.1) is 0 Å². The topological polar surface area (TPSA) is 82.1 Å². The van der Waals surface area contributed by atoms with E-state index in [0.717, 1.165) is 14.6 Å². The lowest BCUT2D eigenvalue weighted by atomic mass is 10.2. The van der Waals surface area contributed by atoms with Gasteiger partial charge in [-0.3, -0.25) is 23.3 Å². The summed E-state index contributed by atoms with van der Waals surface area (Å²) in [6.07, 6.45) is 0. The molecule has 2 aromatic heterocycles. The van der Waals surface area contributed by atoms with Gasteiger partial charge in [-0.1, -0.05) is 34.1 Å². The molecule has 0 radical (unpaired) electrons. The van der Waals surface area contributed by atoms with Crippen LogP contribution in [0.5, 0.6) is 0 Å². The summed E-state index contributed by atoms with van der Waals surface area (Å²) in [7, 11) is 4.54. The fraction of sp³-hybridized carbons (Fsp3) is 0.294. The summed E-state index contributed by atoms with van der Waals surface area (Å²) in [5.41, 5.74) is 0.162. The second kappa shape index (κ2) is 7.32. The average Bonchev–Trinajstić information content (AvgIpc) is 2.96. The third kappa shape index (κ3) is 3.44. The van der Waals surface area contributed by atoms with Crippen molar-refractivity contribution < 1.29 is 4.79 Å². The highest BCUT2D eigenvalue weighted by atomic mass is 79.9. The van der Waals surface area contributed by atoms with Crippen LogP contribution in [-0.2, 0) is 32.0 Å². The first-order chi connectivity index (χ1) is 12.7. The maximum Gasteiger partial charge on any atom is 0.332 e. The zero-order valence-electron chi connectivity index (χ0n) is 14.9. The van der Waals surface area contributed by atoms with Crippen LogP contribution in [0.4, 0.5) is 0 Å². The van der Waals surface area contributed by atoms with Crippen molar-refractivity contribution >= 4 is 44.6 Å². The second-order valence-electron chi connectivity index (χ2n) is 6.19. The molecule has 3 rings (SSSR count). The molecule has 0 saturated carbocycles. The van der Waals surface area contributed by atoms with E-state index in [9.17, 15) is 14.4 Å². The van der Waals surface area contributed by atoms with Crippen molar-refractivity contribution in [3.05, 3.63) is 60.4 Å². The Balaban J connectivity index is 1.96. The van der Waals surface area contributed by atoms with Crippen LogP contribution < -0.4 is 11.2 Å². The first-order valence-corrected chi connectivity index (χ1v) is 9.18. The van der Waals surface area contributed by atoms with Crippen molar-refractivity contribution in [3.8, 4) is 0 Å². The second-order valence-corrected chi connectivity index (χ2v) is 7.38. The van der Waals surface area contributed by atoms with Crippen molar-refractivity contribution in [2.24, 2.45) is 14.1 Å². The highest BCUT2D eigenvalue weighted by molar-refractivity contribution is 9.10. The monoisotopic (exact) mass is 453 g/mol. The number of rotatable bonds is 4. The number of amides is 1. The van der Waals surface area contributed by atoms with Gasteiger partial charge in [-0.15, -0.1) is 0 Å². The zero-order chi connectivity index (χ0) is 19.9. The van der Waals surface area contributed by atoms with Gasteiger partial charge in [0.1, 0.15) is 6.54 Å². The van der Waals surface area contributed by atoms with Crippen molar-refractivity contribution in [2.45, 2.75) is 13.1 Å². The van der Waals surface area contributed by atoms with E-state index in [1.54, 1.807) is 7.05 Å². The minimum absolute atomic E-state index is 0.0223. The van der Waals surface area contributed by atoms with Crippen LogP contribution in [0.3, 0.4) is 0 Å².